The normalized spacial score (nSPS) is 11.9. The van der Waals surface area contributed by atoms with E-state index >= 15 is 0 Å². The van der Waals surface area contributed by atoms with Crippen LogP contribution in [0.4, 0.5) is 0 Å². The molecule has 1 nitrogen and oxygen atoms in total. The number of rotatable bonds is 5. The van der Waals surface area contributed by atoms with Gasteiger partial charge in [-0.2, -0.15) is 0 Å². The van der Waals surface area contributed by atoms with Gasteiger partial charge in [0.1, 0.15) is 5.75 Å². The summed E-state index contributed by atoms with van der Waals surface area (Å²) in [6.07, 6.45) is 4.97. The van der Waals surface area contributed by atoms with E-state index in [1.807, 2.05) is 13.0 Å². The molecule has 85 valence electrons. The molecule has 16 heavy (non-hydrogen) atoms. The van der Waals surface area contributed by atoms with Crippen molar-refractivity contribution in [1.29, 1.82) is 0 Å². The fraction of sp³-hybridized carbons (Fsp3) is 0.571. The number of benzene rings is 1. The smallest absolute Gasteiger partial charge is 0.119 e. The van der Waals surface area contributed by atoms with Gasteiger partial charge in [-0.05, 0) is 36.5 Å². The predicted molar refractivity (Wildman–Crippen MR) is 71.2 cm³/mol. The van der Waals surface area contributed by atoms with Gasteiger partial charge in [0.2, 0.25) is 0 Å². The van der Waals surface area contributed by atoms with Crippen molar-refractivity contribution < 1.29 is 5.11 Å². The molecule has 0 fully saturated rings. The summed E-state index contributed by atoms with van der Waals surface area (Å²) in [6.45, 7) is 6.42. The summed E-state index contributed by atoms with van der Waals surface area (Å²) in [6, 6.07) is 5.98. The van der Waals surface area contributed by atoms with E-state index in [0.717, 1.165) is 11.1 Å². The molecule has 0 saturated carbocycles. The Bertz CT molecular complexity index is 310. The zero-order valence-corrected chi connectivity index (χ0v) is 13.1. The van der Waals surface area contributed by atoms with Crippen molar-refractivity contribution in [2.45, 2.75) is 52.4 Å². The average molecular weight is 229 g/mol. The molecule has 1 aromatic carbocycles. The minimum Gasteiger partial charge on any atom is -0.508 e. The fourth-order valence-corrected chi connectivity index (χ4v) is 1.93. The third-order valence-corrected chi connectivity index (χ3v) is 2.96. The van der Waals surface area contributed by atoms with E-state index in [0.29, 0.717) is 11.7 Å². The minimum absolute atomic E-state index is 0. The molecule has 0 aliphatic heterocycles. The van der Waals surface area contributed by atoms with Gasteiger partial charge in [0.05, 0.1) is 0 Å². The number of aryl methyl sites for hydroxylation is 1. The summed E-state index contributed by atoms with van der Waals surface area (Å²) in [5, 5.41) is 9.82. The molecule has 0 aliphatic carbocycles. The average Bonchev–Trinajstić information content (AvgIpc) is 2.17. The number of hydrogen-bond acceptors (Lipinski definition) is 1. The molecule has 1 aromatic rings. The fourth-order valence-electron chi connectivity index (χ4n) is 1.93. The van der Waals surface area contributed by atoms with E-state index in [4.69, 9.17) is 0 Å². The van der Waals surface area contributed by atoms with Gasteiger partial charge in [0.25, 0.3) is 0 Å². The Morgan fingerprint density at radius 2 is 1.94 bits per heavy atom. The summed E-state index contributed by atoms with van der Waals surface area (Å²) in [5.74, 6) is 0.927. The van der Waals surface area contributed by atoms with Crippen LogP contribution in [0.3, 0.4) is 0 Å². The second-order valence-corrected chi connectivity index (χ2v) is 4.46. The van der Waals surface area contributed by atoms with Gasteiger partial charge in [0, 0.05) is 29.6 Å². The predicted octanol–water partition coefficient (Wildman–Crippen LogP) is 4.00. The number of phenolic OH excluding ortho intramolecular Hbond substituents is 1. The third-order valence-electron chi connectivity index (χ3n) is 2.96. The first-order valence-electron chi connectivity index (χ1n) is 5.94. The molecule has 0 spiro atoms. The summed E-state index contributed by atoms with van der Waals surface area (Å²) >= 11 is 0. The Balaban J connectivity index is 0.00000225. The molecule has 0 aromatic heterocycles. The van der Waals surface area contributed by atoms with E-state index in [1.54, 1.807) is 0 Å². The minimum atomic E-state index is 0. The zero-order valence-electron chi connectivity index (χ0n) is 11.1. The number of hydrogen-bond donors (Lipinski definition) is 1. The zero-order chi connectivity index (χ0) is 11.3. The summed E-state index contributed by atoms with van der Waals surface area (Å²) < 4.78 is 0. The van der Waals surface area contributed by atoms with Crippen LogP contribution in [0.2, 0.25) is 0 Å². The molecule has 0 bridgehead atoms. The molecule has 0 saturated heterocycles. The van der Waals surface area contributed by atoms with Crippen molar-refractivity contribution in [2.24, 2.45) is 0 Å². The largest absolute Gasteiger partial charge is 0.508 e. The van der Waals surface area contributed by atoms with Gasteiger partial charge in [0.15, 0.2) is 0 Å². The van der Waals surface area contributed by atoms with Crippen molar-refractivity contribution in [2.75, 3.05) is 0 Å². The second-order valence-electron chi connectivity index (χ2n) is 4.46. The van der Waals surface area contributed by atoms with Crippen LogP contribution in [0, 0.1) is 6.92 Å². The SMILES string of the molecule is CCCCCC(C)c1ccc(C)cc1O.[Na]. The molecule has 1 radical (unpaired) electrons. The van der Waals surface area contributed by atoms with E-state index in [1.165, 1.54) is 25.7 Å². The van der Waals surface area contributed by atoms with Crippen LogP contribution in [0.15, 0.2) is 18.2 Å². The molecule has 1 atom stereocenters. The maximum absolute atomic E-state index is 9.82. The van der Waals surface area contributed by atoms with Gasteiger partial charge in [-0.25, -0.2) is 0 Å². The number of unbranched alkanes of at least 4 members (excludes halogenated alkanes) is 2. The summed E-state index contributed by atoms with van der Waals surface area (Å²) in [5.41, 5.74) is 2.22. The first-order chi connectivity index (χ1) is 7.15. The van der Waals surface area contributed by atoms with Gasteiger partial charge in [-0.3, -0.25) is 0 Å². The van der Waals surface area contributed by atoms with E-state index in [9.17, 15) is 5.11 Å². The Labute approximate surface area is 122 Å². The first kappa shape index (κ1) is 16.0. The van der Waals surface area contributed by atoms with Gasteiger partial charge in [-0.15, -0.1) is 0 Å². The Morgan fingerprint density at radius 3 is 2.50 bits per heavy atom. The molecule has 0 aliphatic rings. The number of phenols is 1. The molecule has 1 rings (SSSR count). The maximum atomic E-state index is 9.82. The molecule has 0 heterocycles. The molecular weight excluding hydrogens is 207 g/mol. The third kappa shape index (κ3) is 4.90. The molecular formula is C14H22NaO. The van der Waals surface area contributed by atoms with Crippen LogP contribution in [0.25, 0.3) is 0 Å². The molecule has 1 N–H and O–H groups in total. The second kappa shape index (κ2) is 8.16. The Hall–Kier alpha value is 0.0200. The molecule has 1 unspecified atom stereocenters. The van der Waals surface area contributed by atoms with E-state index in [2.05, 4.69) is 26.0 Å². The maximum Gasteiger partial charge on any atom is 0.119 e. The van der Waals surface area contributed by atoms with Gasteiger partial charge in [-0.1, -0.05) is 45.2 Å². The van der Waals surface area contributed by atoms with Gasteiger partial charge < -0.3 is 5.11 Å². The summed E-state index contributed by atoms with van der Waals surface area (Å²) in [7, 11) is 0. The monoisotopic (exact) mass is 229 g/mol. The van der Waals surface area contributed by atoms with Crippen LogP contribution in [0.5, 0.6) is 5.75 Å². The van der Waals surface area contributed by atoms with Crippen LogP contribution < -0.4 is 0 Å². The molecule has 0 amide bonds. The van der Waals surface area contributed by atoms with Crippen molar-refractivity contribution >= 4 is 29.6 Å². The van der Waals surface area contributed by atoms with Gasteiger partial charge >= 0.3 is 0 Å². The van der Waals surface area contributed by atoms with Crippen LogP contribution in [0.1, 0.15) is 56.6 Å². The van der Waals surface area contributed by atoms with Crippen LogP contribution in [-0.4, -0.2) is 34.7 Å². The van der Waals surface area contributed by atoms with Crippen LogP contribution >= 0.6 is 0 Å². The van der Waals surface area contributed by atoms with E-state index in [-0.39, 0.29) is 29.6 Å². The standard InChI is InChI=1S/C14H22O.Na/c1-4-5-6-7-12(3)13-9-8-11(2)10-14(13)15;/h8-10,12,15H,4-7H2,1-3H3;. The van der Waals surface area contributed by atoms with E-state index < -0.39 is 0 Å². The molecule has 2 heteroatoms. The summed E-state index contributed by atoms with van der Waals surface area (Å²) in [4.78, 5) is 0. The Kier molecular flexibility index (Phi) is 8.17. The van der Waals surface area contributed by atoms with Crippen molar-refractivity contribution in [1.82, 2.24) is 0 Å². The first-order valence-corrected chi connectivity index (χ1v) is 5.94. The number of aromatic hydroxyl groups is 1. The Morgan fingerprint density at radius 1 is 1.25 bits per heavy atom. The van der Waals surface area contributed by atoms with Crippen molar-refractivity contribution in [3.63, 3.8) is 0 Å². The van der Waals surface area contributed by atoms with Crippen molar-refractivity contribution in [3.05, 3.63) is 29.3 Å². The van der Waals surface area contributed by atoms with Crippen LogP contribution in [-0.2, 0) is 0 Å². The van der Waals surface area contributed by atoms with Crippen molar-refractivity contribution in [3.8, 4) is 5.75 Å². The topological polar surface area (TPSA) is 20.2 Å². The quantitative estimate of drug-likeness (QED) is 0.597.